The van der Waals surface area contributed by atoms with Crippen molar-refractivity contribution < 1.29 is 9.18 Å². The molecule has 6 heteroatoms. The Labute approximate surface area is 148 Å². The molecule has 0 bridgehead atoms. The molecular weight excluding hydrogens is 335 g/mol. The van der Waals surface area contributed by atoms with E-state index in [2.05, 4.69) is 31.4 Å². The van der Waals surface area contributed by atoms with E-state index in [1.807, 2.05) is 11.8 Å². The van der Waals surface area contributed by atoms with Crippen LogP contribution in [0.4, 0.5) is 4.39 Å². The molecule has 3 nitrogen and oxygen atoms in total. The van der Waals surface area contributed by atoms with Crippen LogP contribution < -0.4 is 10.6 Å². The van der Waals surface area contributed by atoms with Crippen LogP contribution in [0.1, 0.15) is 38.8 Å². The van der Waals surface area contributed by atoms with Crippen molar-refractivity contribution in [2.24, 2.45) is 5.41 Å². The van der Waals surface area contributed by atoms with Crippen LogP contribution in [-0.2, 0) is 4.79 Å². The van der Waals surface area contributed by atoms with E-state index < -0.39 is 0 Å². The fourth-order valence-corrected chi connectivity index (χ4v) is 3.60. The molecule has 1 fully saturated rings. The minimum atomic E-state index is -0.258. The molecule has 1 aliphatic rings. The first kappa shape index (κ1) is 20.3. The van der Waals surface area contributed by atoms with Crippen molar-refractivity contribution in [3.05, 3.63) is 35.6 Å². The SMILES string of the molecule is CC(C)(C)C(NC(=O)CC1CSCCN1)c1ccc(F)cc1.Cl. The van der Waals surface area contributed by atoms with E-state index in [0.29, 0.717) is 6.42 Å². The third-order valence-electron chi connectivity index (χ3n) is 3.80. The molecule has 1 aromatic carbocycles. The highest BCUT2D eigenvalue weighted by molar-refractivity contribution is 7.99. The van der Waals surface area contributed by atoms with Crippen LogP contribution in [0.25, 0.3) is 0 Å². The average molecular weight is 361 g/mol. The number of halogens is 2. The van der Waals surface area contributed by atoms with Gasteiger partial charge in [0.2, 0.25) is 5.91 Å². The summed E-state index contributed by atoms with van der Waals surface area (Å²) in [6.07, 6.45) is 0.487. The topological polar surface area (TPSA) is 41.1 Å². The quantitative estimate of drug-likeness (QED) is 0.862. The Bertz CT molecular complexity index is 498. The monoisotopic (exact) mass is 360 g/mol. The molecule has 1 aliphatic heterocycles. The molecule has 1 saturated heterocycles. The lowest BCUT2D eigenvalue weighted by Crippen LogP contribution is -2.43. The van der Waals surface area contributed by atoms with Crippen LogP contribution >= 0.6 is 24.2 Å². The lowest BCUT2D eigenvalue weighted by Gasteiger charge is -2.33. The van der Waals surface area contributed by atoms with Gasteiger partial charge in [-0.05, 0) is 23.1 Å². The summed E-state index contributed by atoms with van der Waals surface area (Å²) in [5, 5.41) is 6.51. The number of carbonyl (C=O) groups is 1. The summed E-state index contributed by atoms with van der Waals surface area (Å²) in [5.74, 6) is 1.87. The first-order chi connectivity index (χ1) is 10.4. The van der Waals surface area contributed by atoms with Gasteiger partial charge in [0.05, 0.1) is 6.04 Å². The van der Waals surface area contributed by atoms with Gasteiger partial charge in [-0.1, -0.05) is 32.9 Å². The van der Waals surface area contributed by atoms with E-state index in [1.165, 1.54) is 12.1 Å². The van der Waals surface area contributed by atoms with Crippen LogP contribution in [0.5, 0.6) is 0 Å². The largest absolute Gasteiger partial charge is 0.349 e. The van der Waals surface area contributed by atoms with Gasteiger partial charge < -0.3 is 10.6 Å². The summed E-state index contributed by atoms with van der Waals surface area (Å²) in [4.78, 5) is 12.4. The van der Waals surface area contributed by atoms with Crippen molar-refractivity contribution in [1.29, 1.82) is 0 Å². The first-order valence-corrected chi connectivity index (χ1v) is 8.87. The van der Waals surface area contributed by atoms with Crippen molar-refractivity contribution in [2.45, 2.75) is 39.3 Å². The van der Waals surface area contributed by atoms with Gasteiger partial charge in [-0.3, -0.25) is 4.79 Å². The molecule has 1 heterocycles. The maximum atomic E-state index is 13.1. The lowest BCUT2D eigenvalue weighted by atomic mass is 9.82. The number of rotatable bonds is 4. The molecule has 1 amide bonds. The number of benzene rings is 1. The van der Waals surface area contributed by atoms with Gasteiger partial charge in [-0.2, -0.15) is 11.8 Å². The highest BCUT2D eigenvalue weighted by Gasteiger charge is 2.28. The zero-order valence-electron chi connectivity index (χ0n) is 13.9. The molecule has 23 heavy (non-hydrogen) atoms. The predicted octanol–water partition coefficient (Wildman–Crippen LogP) is 3.55. The minimum Gasteiger partial charge on any atom is -0.349 e. The fourth-order valence-electron chi connectivity index (χ4n) is 2.65. The van der Waals surface area contributed by atoms with Crippen LogP contribution in [0.15, 0.2) is 24.3 Å². The zero-order chi connectivity index (χ0) is 16.2. The Morgan fingerprint density at radius 1 is 1.39 bits per heavy atom. The van der Waals surface area contributed by atoms with Crippen molar-refractivity contribution >= 4 is 30.1 Å². The predicted molar refractivity (Wildman–Crippen MR) is 97.7 cm³/mol. The number of amides is 1. The highest BCUT2D eigenvalue weighted by Crippen LogP contribution is 2.33. The van der Waals surface area contributed by atoms with Gasteiger partial charge >= 0.3 is 0 Å². The maximum Gasteiger partial charge on any atom is 0.222 e. The van der Waals surface area contributed by atoms with E-state index in [4.69, 9.17) is 0 Å². The summed E-state index contributed by atoms with van der Waals surface area (Å²) >= 11 is 1.88. The van der Waals surface area contributed by atoms with Crippen LogP contribution in [0.3, 0.4) is 0 Å². The summed E-state index contributed by atoms with van der Waals surface area (Å²) in [6, 6.07) is 6.50. The second-order valence-corrected chi connectivity index (χ2v) is 8.00. The third kappa shape index (κ3) is 6.32. The van der Waals surface area contributed by atoms with Crippen molar-refractivity contribution in [3.63, 3.8) is 0 Å². The Balaban J connectivity index is 0.00000264. The number of thioether (sulfide) groups is 1. The van der Waals surface area contributed by atoms with E-state index in [1.54, 1.807) is 12.1 Å². The molecule has 2 rings (SSSR count). The smallest absolute Gasteiger partial charge is 0.222 e. The van der Waals surface area contributed by atoms with Crippen molar-refractivity contribution in [2.75, 3.05) is 18.1 Å². The lowest BCUT2D eigenvalue weighted by molar-refractivity contribution is -0.123. The summed E-state index contributed by atoms with van der Waals surface area (Å²) in [6.45, 7) is 7.20. The second kappa shape index (κ2) is 8.90. The van der Waals surface area contributed by atoms with Crippen LogP contribution in [0.2, 0.25) is 0 Å². The number of nitrogens with one attached hydrogen (secondary N) is 2. The van der Waals surface area contributed by atoms with Gasteiger partial charge in [-0.25, -0.2) is 4.39 Å². The standard InChI is InChI=1S/C17H25FN2OS.ClH/c1-17(2,3)16(12-4-6-13(18)7-5-12)20-15(21)10-14-11-22-9-8-19-14;/h4-7,14,16,19H,8-11H2,1-3H3,(H,20,21);1H. The van der Waals surface area contributed by atoms with E-state index in [0.717, 1.165) is 23.6 Å². The fraction of sp³-hybridized carbons (Fsp3) is 0.588. The highest BCUT2D eigenvalue weighted by atomic mass is 35.5. The summed E-state index contributed by atoms with van der Waals surface area (Å²) in [5.41, 5.74) is 0.802. The molecule has 0 radical (unpaired) electrons. The normalized spacial score (nSPS) is 19.6. The molecule has 2 N–H and O–H groups in total. The molecule has 1 aromatic rings. The second-order valence-electron chi connectivity index (χ2n) is 6.85. The van der Waals surface area contributed by atoms with Gasteiger partial charge in [0, 0.05) is 30.5 Å². The Hall–Kier alpha value is -0.780. The first-order valence-electron chi connectivity index (χ1n) is 7.72. The molecule has 130 valence electrons. The molecule has 0 aliphatic carbocycles. The molecule has 0 saturated carbocycles. The number of hydrogen-bond donors (Lipinski definition) is 2. The molecule has 0 aromatic heterocycles. The third-order valence-corrected chi connectivity index (χ3v) is 4.94. The molecule has 0 spiro atoms. The van der Waals surface area contributed by atoms with E-state index in [-0.39, 0.29) is 41.6 Å². The van der Waals surface area contributed by atoms with Crippen LogP contribution in [0, 0.1) is 11.2 Å². The minimum absolute atomic E-state index is 0. The van der Waals surface area contributed by atoms with Crippen LogP contribution in [-0.4, -0.2) is 30.0 Å². The Morgan fingerprint density at radius 3 is 2.57 bits per heavy atom. The Morgan fingerprint density at radius 2 is 2.04 bits per heavy atom. The zero-order valence-corrected chi connectivity index (χ0v) is 15.5. The van der Waals surface area contributed by atoms with Crippen molar-refractivity contribution in [1.82, 2.24) is 10.6 Å². The Kier molecular flexibility index (Phi) is 7.84. The van der Waals surface area contributed by atoms with E-state index >= 15 is 0 Å². The number of hydrogen-bond acceptors (Lipinski definition) is 3. The summed E-state index contributed by atoms with van der Waals surface area (Å²) < 4.78 is 13.1. The number of carbonyl (C=O) groups excluding carboxylic acids is 1. The molecule has 2 unspecified atom stereocenters. The van der Waals surface area contributed by atoms with Gasteiger partial charge in [0.25, 0.3) is 0 Å². The van der Waals surface area contributed by atoms with E-state index in [9.17, 15) is 9.18 Å². The average Bonchev–Trinajstić information content (AvgIpc) is 2.46. The maximum absolute atomic E-state index is 13.1. The van der Waals surface area contributed by atoms with Gasteiger partial charge in [0.1, 0.15) is 5.82 Å². The van der Waals surface area contributed by atoms with Gasteiger partial charge in [0.15, 0.2) is 0 Å². The molecule has 2 atom stereocenters. The van der Waals surface area contributed by atoms with Crippen molar-refractivity contribution in [3.8, 4) is 0 Å². The molecular formula is C17H26ClFN2OS. The summed E-state index contributed by atoms with van der Waals surface area (Å²) in [7, 11) is 0. The van der Waals surface area contributed by atoms with Gasteiger partial charge in [-0.15, -0.1) is 12.4 Å².